The van der Waals surface area contributed by atoms with Crippen LogP contribution in [0.2, 0.25) is 0 Å². The van der Waals surface area contributed by atoms with Gasteiger partial charge in [-0.25, -0.2) is 9.37 Å². The van der Waals surface area contributed by atoms with E-state index in [2.05, 4.69) is 30.2 Å². The van der Waals surface area contributed by atoms with Crippen LogP contribution >= 0.6 is 0 Å². The predicted molar refractivity (Wildman–Crippen MR) is 81.8 cm³/mol. The number of rotatable bonds is 6. The van der Waals surface area contributed by atoms with Crippen LogP contribution in [0.5, 0.6) is 5.88 Å². The summed E-state index contributed by atoms with van der Waals surface area (Å²) in [5.74, 6) is 0.597. The molecule has 0 aliphatic carbocycles. The number of nitrogens with zero attached hydrogens (tertiary/aromatic N) is 1. The molecule has 1 heterocycles. The van der Waals surface area contributed by atoms with Crippen molar-refractivity contribution in [2.45, 2.75) is 32.9 Å². The summed E-state index contributed by atoms with van der Waals surface area (Å²) in [4.78, 5) is 4.49. The Morgan fingerprint density at radius 1 is 1.24 bits per heavy atom. The van der Waals surface area contributed by atoms with Crippen molar-refractivity contribution < 1.29 is 9.13 Å². The van der Waals surface area contributed by atoms with Gasteiger partial charge in [-0.2, -0.15) is 0 Å². The molecular weight excluding hydrogens is 267 g/mol. The molecule has 4 heteroatoms. The SMILES string of the molecule is CNCc1cc(OCc2ccccc2F)nc(C(C)C)c1. The summed E-state index contributed by atoms with van der Waals surface area (Å²) in [5, 5.41) is 3.12. The van der Waals surface area contributed by atoms with Crippen molar-refractivity contribution in [3.05, 3.63) is 59.0 Å². The topological polar surface area (TPSA) is 34.1 Å². The molecule has 0 radical (unpaired) electrons. The van der Waals surface area contributed by atoms with Crippen LogP contribution in [0.15, 0.2) is 36.4 Å². The lowest BCUT2D eigenvalue weighted by atomic mass is 10.1. The minimum atomic E-state index is -0.257. The molecule has 0 fully saturated rings. The summed E-state index contributed by atoms with van der Waals surface area (Å²) in [6.07, 6.45) is 0. The highest BCUT2D eigenvalue weighted by Crippen LogP contribution is 2.20. The van der Waals surface area contributed by atoms with E-state index in [9.17, 15) is 4.39 Å². The lowest BCUT2D eigenvalue weighted by Gasteiger charge is -2.12. The minimum Gasteiger partial charge on any atom is -0.473 e. The molecule has 2 aromatic rings. The van der Waals surface area contributed by atoms with Gasteiger partial charge in [0.2, 0.25) is 5.88 Å². The summed E-state index contributed by atoms with van der Waals surface area (Å²) in [7, 11) is 1.90. The predicted octanol–water partition coefficient (Wildman–Crippen LogP) is 3.64. The number of nitrogens with one attached hydrogen (secondary N) is 1. The second-order valence-electron chi connectivity index (χ2n) is 5.30. The first-order valence-corrected chi connectivity index (χ1v) is 7.12. The van der Waals surface area contributed by atoms with Crippen LogP contribution in [0.4, 0.5) is 4.39 Å². The van der Waals surface area contributed by atoms with Crippen molar-refractivity contribution in [1.29, 1.82) is 0 Å². The number of halogens is 1. The molecule has 0 bridgehead atoms. The normalized spacial score (nSPS) is 10.9. The Kier molecular flexibility index (Phi) is 5.28. The van der Waals surface area contributed by atoms with Gasteiger partial charge in [0.05, 0.1) is 0 Å². The number of hydrogen-bond donors (Lipinski definition) is 1. The monoisotopic (exact) mass is 288 g/mol. The van der Waals surface area contributed by atoms with Gasteiger partial charge in [0.15, 0.2) is 0 Å². The molecule has 0 saturated heterocycles. The number of ether oxygens (including phenoxy) is 1. The van der Waals surface area contributed by atoms with Gasteiger partial charge in [-0.3, -0.25) is 0 Å². The summed E-state index contributed by atoms with van der Waals surface area (Å²) in [6, 6.07) is 10.6. The van der Waals surface area contributed by atoms with Gasteiger partial charge < -0.3 is 10.1 Å². The first-order valence-electron chi connectivity index (χ1n) is 7.12. The summed E-state index contributed by atoms with van der Waals surface area (Å²) < 4.78 is 19.3. The molecule has 2 rings (SSSR count). The quantitative estimate of drug-likeness (QED) is 0.881. The highest BCUT2D eigenvalue weighted by atomic mass is 19.1. The van der Waals surface area contributed by atoms with E-state index < -0.39 is 0 Å². The Labute approximate surface area is 125 Å². The zero-order valence-corrected chi connectivity index (χ0v) is 12.7. The van der Waals surface area contributed by atoms with Crippen molar-refractivity contribution in [3.63, 3.8) is 0 Å². The second-order valence-corrected chi connectivity index (χ2v) is 5.30. The molecular formula is C17H21FN2O. The summed E-state index contributed by atoms with van der Waals surface area (Å²) >= 11 is 0. The van der Waals surface area contributed by atoms with Gasteiger partial charge >= 0.3 is 0 Å². The van der Waals surface area contributed by atoms with Crippen LogP contribution in [0.1, 0.15) is 36.6 Å². The lowest BCUT2D eigenvalue weighted by molar-refractivity contribution is 0.286. The smallest absolute Gasteiger partial charge is 0.214 e. The van der Waals surface area contributed by atoms with Gasteiger partial charge in [0.1, 0.15) is 12.4 Å². The lowest BCUT2D eigenvalue weighted by Crippen LogP contribution is -2.08. The highest BCUT2D eigenvalue weighted by Gasteiger charge is 2.08. The Morgan fingerprint density at radius 3 is 2.67 bits per heavy atom. The molecule has 0 atom stereocenters. The second kappa shape index (κ2) is 7.18. The maximum atomic E-state index is 13.6. The van der Waals surface area contributed by atoms with Crippen LogP contribution in [0, 0.1) is 5.82 Å². The third-order valence-electron chi connectivity index (χ3n) is 3.19. The van der Waals surface area contributed by atoms with E-state index in [-0.39, 0.29) is 12.4 Å². The Balaban J connectivity index is 2.17. The standard InChI is InChI=1S/C17H21FN2O/c1-12(2)16-8-13(10-19-3)9-17(20-16)21-11-14-6-4-5-7-15(14)18/h4-9,12,19H,10-11H2,1-3H3. The van der Waals surface area contributed by atoms with Crippen LogP contribution in [0.3, 0.4) is 0 Å². The molecule has 0 amide bonds. The van der Waals surface area contributed by atoms with E-state index in [1.54, 1.807) is 18.2 Å². The van der Waals surface area contributed by atoms with Crippen molar-refractivity contribution in [1.82, 2.24) is 10.3 Å². The fraction of sp³-hybridized carbons (Fsp3) is 0.353. The van der Waals surface area contributed by atoms with Crippen LogP contribution in [0.25, 0.3) is 0 Å². The van der Waals surface area contributed by atoms with E-state index in [0.29, 0.717) is 17.4 Å². The molecule has 112 valence electrons. The number of benzene rings is 1. The molecule has 1 aromatic carbocycles. The van der Waals surface area contributed by atoms with Crippen molar-refractivity contribution in [2.75, 3.05) is 7.05 Å². The molecule has 0 aliphatic rings. The fourth-order valence-electron chi connectivity index (χ4n) is 2.03. The maximum Gasteiger partial charge on any atom is 0.214 e. The maximum absolute atomic E-state index is 13.6. The zero-order chi connectivity index (χ0) is 15.2. The average molecular weight is 288 g/mol. The van der Waals surface area contributed by atoms with Gasteiger partial charge in [0.25, 0.3) is 0 Å². The van der Waals surface area contributed by atoms with E-state index in [0.717, 1.165) is 17.8 Å². The number of hydrogen-bond acceptors (Lipinski definition) is 3. The van der Waals surface area contributed by atoms with Crippen LogP contribution in [-0.4, -0.2) is 12.0 Å². The van der Waals surface area contributed by atoms with Gasteiger partial charge in [-0.1, -0.05) is 32.0 Å². The zero-order valence-electron chi connectivity index (χ0n) is 12.7. The van der Waals surface area contributed by atoms with Crippen LogP contribution in [-0.2, 0) is 13.2 Å². The molecule has 0 spiro atoms. The first kappa shape index (κ1) is 15.4. The molecule has 0 saturated carbocycles. The van der Waals surface area contributed by atoms with Gasteiger partial charge in [0, 0.05) is 23.9 Å². The number of aromatic nitrogens is 1. The fourth-order valence-corrected chi connectivity index (χ4v) is 2.03. The highest BCUT2D eigenvalue weighted by molar-refractivity contribution is 5.27. The van der Waals surface area contributed by atoms with E-state index in [1.165, 1.54) is 6.07 Å². The van der Waals surface area contributed by atoms with E-state index in [1.807, 2.05) is 13.1 Å². The molecule has 3 nitrogen and oxygen atoms in total. The van der Waals surface area contributed by atoms with Gasteiger partial charge in [-0.15, -0.1) is 0 Å². The number of pyridine rings is 1. The Morgan fingerprint density at radius 2 is 2.00 bits per heavy atom. The summed E-state index contributed by atoms with van der Waals surface area (Å²) in [6.45, 7) is 5.11. The average Bonchev–Trinajstić information content (AvgIpc) is 2.46. The third kappa shape index (κ3) is 4.26. The molecule has 1 aromatic heterocycles. The van der Waals surface area contributed by atoms with Gasteiger partial charge in [-0.05, 0) is 30.7 Å². The largest absolute Gasteiger partial charge is 0.473 e. The van der Waals surface area contributed by atoms with Crippen LogP contribution < -0.4 is 10.1 Å². The molecule has 1 N–H and O–H groups in total. The van der Waals surface area contributed by atoms with Crippen molar-refractivity contribution >= 4 is 0 Å². The van der Waals surface area contributed by atoms with E-state index >= 15 is 0 Å². The van der Waals surface area contributed by atoms with E-state index in [4.69, 9.17) is 4.74 Å². The third-order valence-corrected chi connectivity index (χ3v) is 3.19. The van der Waals surface area contributed by atoms with Crippen molar-refractivity contribution in [3.8, 4) is 5.88 Å². The molecule has 0 aliphatic heterocycles. The Bertz CT molecular complexity index is 599. The summed E-state index contributed by atoms with van der Waals surface area (Å²) in [5.41, 5.74) is 2.62. The van der Waals surface area contributed by atoms with Crippen molar-refractivity contribution in [2.24, 2.45) is 0 Å². The minimum absolute atomic E-state index is 0.181. The first-order chi connectivity index (χ1) is 10.1. The molecule has 0 unspecified atom stereocenters. The molecule has 21 heavy (non-hydrogen) atoms. The Hall–Kier alpha value is -1.94.